The van der Waals surface area contributed by atoms with E-state index in [1.807, 2.05) is 6.92 Å². The van der Waals surface area contributed by atoms with Gasteiger partial charge < -0.3 is 14.5 Å². The van der Waals surface area contributed by atoms with Crippen LogP contribution in [0.15, 0.2) is 21.3 Å². The molecule has 0 bridgehead atoms. The Bertz CT molecular complexity index is 1140. The lowest BCUT2D eigenvalue weighted by Crippen LogP contribution is -2.60. The number of nitrogens with one attached hydrogen (secondary N) is 1. The van der Waals surface area contributed by atoms with Crippen LogP contribution >= 0.6 is 0 Å². The molecule has 6 rings (SSSR count). The van der Waals surface area contributed by atoms with Crippen molar-refractivity contribution in [2.24, 2.45) is 9.98 Å². The average molecular weight is 639 g/mol. The van der Waals surface area contributed by atoms with Crippen LogP contribution in [0.4, 0.5) is 0 Å². The van der Waals surface area contributed by atoms with Crippen LogP contribution < -0.4 is 5.32 Å². The van der Waals surface area contributed by atoms with Crippen LogP contribution in [0.2, 0.25) is 0 Å². The molecule has 9 nitrogen and oxygen atoms in total. The molecule has 9 heteroatoms. The molecular formula is C37H62N6O3. The average Bonchev–Trinajstić information content (AvgIpc) is 3.65. The smallest absolute Gasteiger partial charge is 0.341 e. The van der Waals surface area contributed by atoms with Crippen molar-refractivity contribution in [3.05, 3.63) is 11.3 Å². The molecule has 6 aliphatic rings. The van der Waals surface area contributed by atoms with Gasteiger partial charge in [0.25, 0.3) is 0 Å². The van der Waals surface area contributed by atoms with Gasteiger partial charge in [-0.3, -0.25) is 10.5 Å². The van der Waals surface area contributed by atoms with Crippen LogP contribution in [0, 0.1) is 0 Å². The highest BCUT2D eigenvalue weighted by molar-refractivity contribution is 6.19. The van der Waals surface area contributed by atoms with Crippen LogP contribution in [0.1, 0.15) is 156 Å². The minimum absolute atomic E-state index is 0.0258. The Morgan fingerprint density at radius 2 is 1.52 bits per heavy atom. The normalized spacial score (nSPS) is 31.6. The van der Waals surface area contributed by atoms with Gasteiger partial charge in [-0.05, 0) is 78.1 Å². The zero-order valence-electron chi connectivity index (χ0n) is 29.1. The van der Waals surface area contributed by atoms with Gasteiger partial charge >= 0.3 is 5.97 Å². The molecule has 258 valence electrons. The number of carbonyl (C=O) groups excluding carboxylic acids is 1. The molecule has 0 aromatic heterocycles. The van der Waals surface area contributed by atoms with Crippen molar-refractivity contribution in [2.75, 3.05) is 6.61 Å². The second-order valence-electron chi connectivity index (χ2n) is 15.3. The molecular weight excluding hydrogens is 576 g/mol. The second kappa shape index (κ2) is 15.8. The molecule has 0 aromatic rings. The molecule has 6 heterocycles. The molecule has 6 aliphatic heterocycles. The van der Waals surface area contributed by atoms with Gasteiger partial charge in [-0.15, -0.1) is 0 Å². The molecule has 4 saturated heterocycles. The van der Waals surface area contributed by atoms with Crippen molar-refractivity contribution in [3.63, 3.8) is 0 Å². The van der Waals surface area contributed by atoms with Gasteiger partial charge in [0, 0.05) is 29.9 Å². The Labute approximate surface area is 278 Å². The van der Waals surface area contributed by atoms with E-state index in [1.54, 1.807) is 0 Å². The summed E-state index contributed by atoms with van der Waals surface area (Å²) in [4.78, 5) is 27.9. The molecule has 7 atom stereocenters. The summed E-state index contributed by atoms with van der Waals surface area (Å²) >= 11 is 0. The minimum atomic E-state index is -0.191. The van der Waals surface area contributed by atoms with Gasteiger partial charge in [-0.1, -0.05) is 77.6 Å². The van der Waals surface area contributed by atoms with E-state index in [9.17, 15) is 10.0 Å². The predicted octanol–water partition coefficient (Wildman–Crippen LogP) is 7.29. The first-order valence-corrected chi connectivity index (χ1v) is 19.3. The standard InChI is InChI=1S/C37H62N6O3/c1-4-5-6-7-8-10-13-16-28-24-30-20-21-33-34(27(3)39-36(40-28)42(30)33)35(44)46-22-15-12-9-11-14-17-32-25-31-19-18-29-23-26(2)38-37(41(29)31)43(32)45/h26,28-32,36,40,45H,4-25H2,1-3H3. The maximum Gasteiger partial charge on any atom is 0.341 e. The number of allylic oxidation sites excluding steroid dienone is 1. The number of rotatable bonds is 17. The molecule has 0 radical (unpaired) electrons. The van der Waals surface area contributed by atoms with E-state index in [2.05, 4.69) is 29.0 Å². The summed E-state index contributed by atoms with van der Waals surface area (Å²) in [5.41, 5.74) is 2.70. The maximum atomic E-state index is 13.3. The Hall–Kier alpha value is -2.13. The molecule has 0 aliphatic carbocycles. The van der Waals surface area contributed by atoms with Crippen molar-refractivity contribution < 1.29 is 14.7 Å². The maximum absolute atomic E-state index is 13.3. The van der Waals surface area contributed by atoms with E-state index in [-0.39, 0.29) is 18.3 Å². The molecule has 2 N–H and O–H groups in total. The molecule has 0 saturated carbocycles. The highest BCUT2D eigenvalue weighted by Gasteiger charge is 2.47. The third kappa shape index (κ3) is 7.61. The topological polar surface area (TPSA) is 93.0 Å². The number of nitrogens with zero attached hydrogens (tertiary/aromatic N) is 5. The largest absolute Gasteiger partial charge is 0.462 e. The first kappa shape index (κ1) is 33.8. The number of hydrogen-bond acceptors (Lipinski definition) is 9. The number of ether oxygens (including phenoxy) is 1. The van der Waals surface area contributed by atoms with Crippen molar-refractivity contribution in [1.82, 2.24) is 20.2 Å². The fourth-order valence-corrected chi connectivity index (χ4v) is 9.39. The van der Waals surface area contributed by atoms with E-state index in [0.29, 0.717) is 36.8 Å². The molecule has 0 amide bonds. The minimum Gasteiger partial charge on any atom is -0.462 e. The van der Waals surface area contributed by atoms with Gasteiger partial charge in [0.15, 0.2) is 6.29 Å². The number of guanidine groups is 1. The lowest BCUT2D eigenvalue weighted by molar-refractivity contribution is -0.138. The lowest BCUT2D eigenvalue weighted by Gasteiger charge is -2.47. The number of esters is 1. The van der Waals surface area contributed by atoms with Gasteiger partial charge in [0.05, 0.1) is 30.0 Å². The summed E-state index contributed by atoms with van der Waals surface area (Å²) in [6.07, 6.45) is 24.8. The Morgan fingerprint density at radius 3 is 2.30 bits per heavy atom. The molecule has 46 heavy (non-hydrogen) atoms. The van der Waals surface area contributed by atoms with Crippen molar-refractivity contribution in [1.29, 1.82) is 0 Å². The molecule has 7 unspecified atom stereocenters. The van der Waals surface area contributed by atoms with Crippen LogP contribution in [-0.4, -0.2) is 86.9 Å². The van der Waals surface area contributed by atoms with E-state index in [1.165, 1.54) is 69.3 Å². The van der Waals surface area contributed by atoms with Crippen molar-refractivity contribution >= 4 is 17.6 Å². The first-order chi connectivity index (χ1) is 22.4. The quantitative estimate of drug-likeness (QED) is 0.128. The van der Waals surface area contributed by atoms with Gasteiger partial charge in [-0.2, -0.15) is 0 Å². The second-order valence-corrected chi connectivity index (χ2v) is 15.3. The summed E-state index contributed by atoms with van der Waals surface area (Å²) < 4.78 is 5.82. The number of carbonyl (C=O) groups is 1. The van der Waals surface area contributed by atoms with E-state index in [4.69, 9.17) is 14.7 Å². The number of unbranched alkanes of at least 4 members (excludes halogenated alkanes) is 10. The van der Waals surface area contributed by atoms with E-state index < -0.39 is 0 Å². The predicted molar refractivity (Wildman–Crippen MR) is 184 cm³/mol. The zero-order chi connectivity index (χ0) is 32.0. The van der Waals surface area contributed by atoms with Crippen LogP contribution in [0.5, 0.6) is 0 Å². The monoisotopic (exact) mass is 638 g/mol. The highest BCUT2D eigenvalue weighted by Crippen LogP contribution is 2.41. The summed E-state index contributed by atoms with van der Waals surface area (Å²) in [5, 5.41) is 16.3. The fraction of sp³-hybridized carbons (Fsp3) is 0.865. The summed E-state index contributed by atoms with van der Waals surface area (Å²) in [6.45, 7) is 6.91. The Balaban J connectivity index is 0.873. The van der Waals surface area contributed by atoms with Gasteiger partial charge in [0.2, 0.25) is 5.96 Å². The lowest BCUT2D eigenvalue weighted by atomic mass is 9.96. The van der Waals surface area contributed by atoms with E-state index >= 15 is 0 Å². The highest BCUT2D eigenvalue weighted by atomic mass is 16.5. The van der Waals surface area contributed by atoms with Crippen molar-refractivity contribution in [3.8, 4) is 0 Å². The Kier molecular flexibility index (Phi) is 11.6. The van der Waals surface area contributed by atoms with Crippen LogP contribution in [0.25, 0.3) is 0 Å². The summed E-state index contributed by atoms with van der Waals surface area (Å²) in [7, 11) is 0. The van der Waals surface area contributed by atoms with Crippen LogP contribution in [-0.2, 0) is 9.53 Å². The summed E-state index contributed by atoms with van der Waals surface area (Å²) in [5.74, 6) is 0.644. The molecule has 0 aromatic carbocycles. The van der Waals surface area contributed by atoms with Crippen molar-refractivity contribution in [2.45, 2.75) is 198 Å². The first-order valence-electron chi connectivity index (χ1n) is 19.3. The summed E-state index contributed by atoms with van der Waals surface area (Å²) in [6, 6.07) is 2.60. The number of hydroxylamine groups is 2. The number of hydrogen-bond donors (Lipinski definition) is 2. The SMILES string of the molecule is CCCCCCCCCC1CC2CCC3=C(C(=O)OCCCCCCCC4CC5CCC6CC(C)N=C(N4O)N65)C(C)=NC(N1)N32. The zero-order valence-corrected chi connectivity index (χ0v) is 29.1. The van der Waals surface area contributed by atoms with Gasteiger partial charge in [-0.25, -0.2) is 19.8 Å². The molecule has 4 fully saturated rings. The Morgan fingerprint density at radius 1 is 0.848 bits per heavy atom. The third-order valence-electron chi connectivity index (χ3n) is 11.8. The molecule has 0 spiro atoms. The number of aliphatic imine (C=N–C) groups is 2. The fourth-order valence-electron chi connectivity index (χ4n) is 9.39. The van der Waals surface area contributed by atoms with Gasteiger partial charge in [0.1, 0.15) is 0 Å². The van der Waals surface area contributed by atoms with Crippen LogP contribution in [0.3, 0.4) is 0 Å². The third-order valence-corrected chi connectivity index (χ3v) is 11.8. The van der Waals surface area contributed by atoms with E-state index in [0.717, 1.165) is 93.6 Å².